The van der Waals surface area contributed by atoms with Gasteiger partial charge < -0.3 is 20.1 Å². The second kappa shape index (κ2) is 7.33. The van der Waals surface area contributed by atoms with Crippen LogP contribution in [-0.2, 0) is 6.54 Å². The number of aromatic nitrogens is 1. The number of pyridine rings is 1. The molecule has 0 atom stereocenters. The Kier molecular flexibility index (Phi) is 4.57. The fourth-order valence-electron chi connectivity index (χ4n) is 2.64. The highest BCUT2D eigenvalue weighted by molar-refractivity contribution is 6.04. The van der Waals surface area contributed by atoms with Crippen LogP contribution in [0.5, 0.6) is 11.5 Å². The van der Waals surface area contributed by atoms with Crippen molar-refractivity contribution in [2.75, 3.05) is 17.4 Å². The van der Waals surface area contributed by atoms with Crippen LogP contribution in [0.15, 0.2) is 60.8 Å². The van der Waals surface area contributed by atoms with Gasteiger partial charge in [0, 0.05) is 17.7 Å². The molecule has 7 heteroatoms. The molecule has 2 N–H and O–H groups in total. The van der Waals surface area contributed by atoms with Crippen molar-refractivity contribution >= 4 is 17.4 Å². The number of rotatable bonds is 5. The minimum Gasteiger partial charge on any atom is -0.454 e. The Labute approximate surface area is 155 Å². The molecule has 0 unspecified atom stereocenters. The molecule has 2 heterocycles. The summed E-state index contributed by atoms with van der Waals surface area (Å²) in [7, 11) is 0. The number of ether oxygens (including phenoxy) is 2. The fraction of sp³-hybridized carbons (Fsp3) is 0.100. The van der Waals surface area contributed by atoms with E-state index in [1.54, 1.807) is 48.5 Å². The summed E-state index contributed by atoms with van der Waals surface area (Å²) < 4.78 is 24.1. The number of hydrogen-bond acceptors (Lipinski definition) is 5. The molecule has 0 bridgehead atoms. The highest BCUT2D eigenvalue weighted by Crippen LogP contribution is 2.32. The van der Waals surface area contributed by atoms with Gasteiger partial charge in [-0.2, -0.15) is 0 Å². The van der Waals surface area contributed by atoms with Gasteiger partial charge in [-0.25, -0.2) is 9.37 Å². The van der Waals surface area contributed by atoms with Gasteiger partial charge in [0.15, 0.2) is 11.5 Å². The van der Waals surface area contributed by atoms with E-state index in [4.69, 9.17) is 9.47 Å². The van der Waals surface area contributed by atoms with Crippen LogP contribution >= 0.6 is 0 Å². The topological polar surface area (TPSA) is 72.5 Å². The zero-order valence-corrected chi connectivity index (χ0v) is 14.2. The van der Waals surface area contributed by atoms with Crippen LogP contribution in [-0.4, -0.2) is 17.7 Å². The number of nitrogens with one attached hydrogen (secondary N) is 2. The Morgan fingerprint density at radius 3 is 2.74 bits per heavy atom. The average Bonchev–Trinajstić information content (AvgIpc) is 3.16. The molecule has 1 amide bonds. The summed E-state index contributed by atoms with van der Waals surface area (Å²) in [6, 6.07) is 15.0. The molecule has 4 rings (SSSR count). The zero-order chi connectivity index (χ0) is 18.6. The van der Waals surface area contributed by atoms with Crippen molar-refractivity contribution < 1.29 is 18.7 Å². The van der Waals surface area contributed by atoms with Crippen LogP contribution in [0.3, 0.4) is 0 Å². The van der Waals surface area contributed by atoms with Gasteiger partial charge in [0.25, 0.3) is 5.91 Å². The summed E-state index contributed by atoms with van der Waals surface area (Å²) in [6.45, 7) is 0.480. The Balaban J connectivity index is 1.37. The molecule has 2 aromatic carbocycles. The molecule has 136 valence electrons. The standard InChI is InChI=1S/C20H16FN3O3/c21-16-4-2-1-3-14(16)10-22-19-8-6-15(11-23-19)24-20(25)13-5-7-17-18(9-13)27-12-26-17/h1-9,11H,10,12H2,(H,22,23)(H,24,25). The number of fused-ring (bicyclic) bond motifs is 1. The van der Waals surface area contributed by atoms with E-state index >= 15 is 0 Å². The number of amides is 1. The number of nitrogens with zero attached hydrogens (tertiary/aromatic N) is 1. The summed E-state index contributed by atoms with van der Waals surface area (Å²) in [5.41, 5.74) is 1.56. The number of carbonyl (C=O) groups is 1. The molecule has 27 heavy (non-hydrogen) atoms. The lowest BCUT2D eigenvalue weighted by Crippen LogP contribution is -2.12. The number of benzene rings is 2. The van der Waals surface area contributed by atoms with Gasteiger partial charge in [-0.1, -0.05) is 18.2 Å². The van der Waals surface area contributed by atoms with Gasteiger partial charge in [-0.15, -0.1) is 0 Å². The molecule has 3 aromatic rings. The lowest BCUT2D eigenvalue weighted by molar-refractivity contribution is 0.102. The highest BCUT2D eigenvalue weighted by atomic mass is 19.1. The van der Waals surface area contributed by atoms with Gasteiger partial charge in [-0.3, -0.25) is 4.79 Å². The van der Waals surface area contributed by atoms with Gasteiger partial charge in [0.2, 0.25) is 6.79 Å². The van der Waals surface area contributed by atoms with Crippen LogP contribution in [0.2, 0.25) is 0 Å². The molecule has 0 saturated carbocycles. The lowest BCUT2D eigenvalue weighted by atomic mass is 10.2. The zero-order valence-electron chi connectivity index (χ0n) is 14.2. The maximum Gasteiger partial charge on any atom is 0.255 e. The van der Waals surface area contributed by atoms with Crippen molar-refractivity contribution in [2.24, 2.45) is 0 Å². The first-order valence-electron chi connectivity index (χ1n) is 8.33. The summed E-state index contributed by atoms with van der Waals surface area (Å²) in [5, 5.41) is 5.82. The van der Waals surface area contributed by atoms with Gasteiger partial charge in [0.1, 0.15) is 11.6 Å². The smallest absolute Gasteiger partial charge is 0.255 e. The van der Waals surface area contributed by atoms with E-state index in [2.05, 4.69) is 15.6 Å². The normalized spacial score (nSPS) is 11.9. The third kappa shape index (κ3) is 3.82. The molecule has 1 aromatic heterocycles. The van der Waals surface area contributed by atoms with Gasteiger partial charge >= 0.3 is 0 Å². The van der Waals surface area contributed by atoms with Crippen LogP contribution in [0.1, 0.15) is 15.9 Å². The molecule has 0 radical (unpaired) electrons. The molecule has 0 spiro atoms. The van der Waals surface area contributed by atoms with Crippen molar-refractivity contribution in [3.8, 4) is 11.5 Å². The van der Waals surface area contributed by atoms with Crippen molar-refractivity contribution in [3.63, 3.8) is 0 Å². The first-order chi connectivity index (χ1) is 13.2. The van der Waals surface area contributed by atoms with Crippen molar-refractivity contribution in [2.45, 2.75) is 6.54 Å². The summed E-state index contributed by atoms with van der Waals surface area (Å²) >= 11 is 0. The van der Waals surface area contributed by atoms with Crippen LogP contribution in [0.4, 0.5) is 15.9 Å². The Morgan fingerprint density at radius 1 is 1.07 bits per heavy atom. The number of hydrogen-bond donors (Lipinski definition) is 2. The minimum absolute atomic E-state index is 0.158. The maximum absolute atomic E-state index is 13.6. The second-order valence-corrected chi connectivity index (χ2v) is 5.90. The first kappa shape index (κ1) is 16.8. The van der Waals surface area contributed by atoms with E-state index in [-0.39, 0.29) is 18.5 Å². The van der Waals surface area contributed by atoms with E-state index in [0.717, 1.165) is 0 Å². The maximum atomic E-state index is 13.6. The largest absolute Gasteiger partial charge is 0.454 e. The summed E-state index contributed by atoms with van der Waals surface area (Å²) in [4.78, 5) is 16.6. The van der Waals surface area contributed by atoms with Crippen LogP contribution < -0.4 is 20.1 Å². The van der Waals surface area contributed by atoms with Gasteiger partial charge in [0.05, 0.1) is 11.9 Å². The van der Waals surface area contributed by atoms with E-state index < -0.39 is 0 Å². The average molecular weight is 365 g/mol. The van der Waals surface area contributed by atoms with Crippen molar-refractivity contribution in [1.82, 2.24) is 4.98 Å². The first-order valence-corrected chi connectivity index (χ1v) is 8.33. The number of anilines is 2. The monoisotopic (exact) mass is 365 g/mol. The third-order valence-electron chi connectivity index (χ3n) is 4.07. The molecule has 1 aliphatic rings. The third-order valence-corrected chi connectivity index (χ3v) is 4.07. The lowest BCUT2D eigenvalue weighted by Gasteiger charge is -2.09. The van der Waals surface area contributed by atoms with Gasteiger partial charge in [-0.05, 0) is 36.4 Å². The summed E-state index contributed by atoms with van der Waals surface area (Å²) in [6.07, 6.45) is 1.54. The highest BCUT2D eigenvalue weighted by Gasteiger charge is 2.16. The summed E-state index contributed by atoms with van der Waals surface area (Å²) in [5.74, 6) is 1.21. The number of carbonyl (C=O) groups excluding carboxylic acids is 1. The molecular weight excluding hydrogens is 349 g/mol. The fourth-order valence-corrected chi connectivity index (χ4v) is 2.64. The van der Waals surface area contributed by atoms with Crippen molar-refractivity contribution in [3.05, 3.63) is 77.7 Å². The molecule has 0 aliphatic carbocycles. The van der Waals surface area contributed by atoms with Crippen LogP contribution in [0.25, 0.3) is 0 Å². The number of halogens is 1. The van der Waals surface area contributed by atoms with E-state index in [9.17, 15) is 9.18 Å². The minimum atomic E-state index is -0.276. The Morgan fingerprint density at radius 2 is 1.93 bits per heavy atom. The molecule has 0 fully saturated rings. The predicted octanol–water partition coefficient (Wildman–Crippen LogP) is 3.81. The van der Waals surface area contributed by atoms with Crippen molar-refractivity contribution in [1.29, 1.82) is 0 Å². The molecule has 6 nitrogen and oxygen atoms in total. The van der Waals surface area contributed by atoms with E-state index in [1.807, 2.05) is 0 Å². The molecular formula is C20H16FN3O3. The Bertz CT molecular complexity index is 976. The molecule has 0 saturated heterocycles. The van der Waals surface area contributed by atoms with E-state index in [0.29, 0.717) is 40.7 Å². The van der Waals surface area contributed by atoms with Crippen LogP contribution in [0, 0.1) is 5.82 Å². The predicted molar refractivity (Wildman–Crippen MR) is 98.5 cm³/mol. The Hall–Kier alpha value is -3.61. The molecule has 1 aliphatic heterocycles. The quantitative estimate of drug-likeness (QED) is 0.719. The van der Waals surface area contributed by atoms with E-state index in [1.165, 1.54) is 12.3 Å². The SMILES string of the molecule is O=C(Nc1ccc(NCc2ccccc2F)nc1)c1ccc2c(c1)OCO2. The second-order valence-electron chi connectivity index (χ2n) is 5.90.